The van der Waals surface area contributed by atoms with Crippen LogP contribution in [0.2, 0.25) is 0 Å². The zero-order chi connectivity index (χ0) is 27.0. The van der Waals surface area contributed by atoms with Gasteiger partial charge in [-0.1, -0.05) is 0 Å². The molecule has 10 heteroatoms. The molecule has 214 valence electrons. The fraction of sp³-hybridized carbons (Fsp3) is 0.724. The van der Waals surface area contributed by atoms with Crippen LogP contribution in [0, 0.1) is 6.92 Å². The molecular weight excluding hydrogens is 490 g/mol. The molecule has 4 heterocycles. The maximum Gasteiger partial charge on any atom is 0.225 e. The number of hydrogen-bond acceptors (Lipinski definition) is 10. The fourth-order valence-corrected chi connectivity index (χ4v) is 6.25. The Morgan fingerprint density at radius 2 is 1.38 bits per heavy atom. The summed E-state index contributed by atoms with van der Waals surface area (Å²) < 4.78 is 5.84. The highest BCUT2D eigenvalue weighted by Gasteiger charge is 2.28. The Labute approximate surface area is 234 Å². The van der Waals surface area contributed by atoms with Crippen LogP contribution < -0.4 is 15.1 Å². The summed E-state index contributed by atoms with van der Waals surface area (Å²) in [5.74, 6) is 1.70. The molecule has 5 rings (SSSR count). The van der Waals surface area contributed by atoms with E-state index in [-0.39, 0.29) is 6.10 Å². The average Bonchev–Trinajstić information content (AvgIpc) is 3.00. The molecule has 10 nitrogen and oxygen atoms in total. The third-order valence-electron chi connectivity index (χ3n) is 8.90. The van der Waals surface area contributed by atoms with Crippen molar-refractivity contribution in [2.45, 2.75) is 63.6 Å². The second-order valence-corrected chi connectivity index (χ2v) is 11.4. The van der Waals surface area contributed by atoms with Crippen LogP contribution >= 0.6 is 0 Å². The van der Waals surface area contributed by atoms with Crippen molar-refractivity contribution in [3.8, 4) is 0 Å². The highest BCUT2D eigenvalue weighted by molar-refractivity contribution is 5.31. The summed E-state index contributed by atoms with van der Waals surface area (Å²) in [5, 5.41) is 3.45. The lowest BCUT2D eigenvalue weighted by Gasteiger charge is -2.42. The van der Waals surface area contributed by atoms with Crippen molar-refractivity contribution < 1.29 is 4.74 Å². The first kappa shape index (κ1) is 28.1. The number of anilines is 2. The SMILES string of the molecule is CNC1CCC(N2CCN(c3ncc(CC(CCN4CCN(c5ncc(C)cn5)CC4)OC)cn3)CC2)CC1. The number of aryl methyl sites for hydroxylation is 1. The summed E-state index contributed by atoms with van der Waals surface area (Å²) in [6.07, 6.45) is 15.0. The Balaban J connectivity index is 1.02. The first-order valence-electron chi connectivity index (χ1n) is 14.9. The smallest absolute Gasteiger partial charge is 0.225 e. The van der Waals surface area contributed by atoms with Crippen LogP contribution in [0.5, 0.6) is 0 Å². The topological polar surface area (TPSA) is 85.8 Å². The van der Waals surface area contributed by atoms with Gasteiger partial charge in [-0.2, -0.15) is 0 Å². The van der Waals surface area contributed by atoms with Crippen molar-refractivity contribution in [2.24, 2.45) is 0 Å². The van der Waals surface area contributed by atoms with Gasteiger partial charge in [0.15, 0.2) is 0 Å². The highest BCUT2D eigenvalue weighted by Crippen LogP contribution is 2.25. The minimum Gasteiger partial charge on any atom is -0.381 e. The van der Waals surface area contributed by atoms with Gasteiger partial charge in [0.2, 0.25) is 11.9 Å². The van der Waals surface area contributed by atoms with E-state index in [9.17, 15) is 0 Å². The molecule has 1 unspecified atom stereocenters. The maximum absolute atomic E-state index is 5.84. The Bertz CT molecular complexity index is 981. The number of ether oxygens (including phenoxy) is 1. The summed E-state index contributed by atoms with van der Waals surface area (Å²) in [4.78, 5) is 28.3. The van der Waals surface area contributed by atoms with E-state index in [0.717, 1.165) is 101 Å². The number of methoxy groups -OCH3 is 1. The van der Waals surface area contributed by atoms with Gasteiger partial charge in [0.1, 0.15) is 0 Å². The number of nitrogens with one attached hydrogen (secondary N) is 1. The predicted molar refractivity (Wildman–Crippen MR) is 155 cm³/mol. The number of hydrogen-bond donors (Lipinski definition) is 1. The molecule has 2 aliphatic heterocycles. The van der Waals surface area contributed by atoms with Crippen LogP contribution in [0.15, 0.2) is 24.8 Å². The van der Waals surface area contributed by atoms with Gasteiger partial charge >= 0.3 is 0 Å². The van der Waals surface area contributed by atoms with Gasteiger partial charge in [-0.15, -0.1) is 0 Å². The van der Waals surface area contributed by atoms with Gasteiger partial charge < -0.3 is 19.9 Å². The molecule has 2 saturated heterocycles. The van der Waals surface area contributed by atoms with Crippen molar-refractivity contribution in [1.82, 2.24) is 35.1 Å². The van der Waals surface area contributed by atoms with Crippen molar-refractivity contribution in [3.05, 3.63) is 35.9 Å². The zero-order valence-electron chi connectivity index (χ0n) is 24.1. The third-order valence-corrected chi connectivity index (χ3v) is 8.90. The Morgan fingerprint density at radius 3 is 1.95 bits per heavy atom. The van der Waals surface area contributed by atoms with E-state index in [1.165, 1.54) is 25.7 Å². The Kier molecular flexibility index (Phi) is 9.95. The van der Waals surface area contributed by atoms with E-state index in [1.807, 2.05) is 38.8 Å². The minimum absolute atomic E-state index is 0.166. The number of nitrogens with zero attached hydrogens (tertiary/aromatic N) is 8. The van der Waals surface area contributed by atoms with Crippen LogP contribution in [0.1, 0.15) is 43.2 Å². The van der Waals surface area contributed by atoms with Crippen LogP contribution in [0.4, 0.5) is 11.9 Å². The summed E-state index contributed by atoms with van der Waals surface area (Å²) in [7, 11) is 3.91. The lowest BCUT2D eigenvalue weighted by Crippen LogP contribution is -2.52. The van der Waals surface area contributed by atoms with E-state index in [0.29, 0.717) is 6.04 Å². The van der Waals surface area contributed by atoms with E-state index < -0.39 is 0 Å². The molecule has 2 aromatic rings. The van der Waals surface area contributed by atoms with Crippen molar-refractivity contribution in [3.63, 3.8) is 0 Å². The second kappa shape index (κ2) is 13.8. The summed E-state index contributed by atoms with van der Waals surface area (Å²) in [5.41, 5.74) is 2.24. The normalized spacial score (nSPS) is 24.2. The minimum atomic E-state index is 0.166. The maximum atomic E-state index is 5.84. The molecule has 3 fully saturated rings. The first-order valence-corrected chi connectivity index (χ1v) is 14.9. The number of aromatic nitrogens is 4. The van der Waals surface area contributed by atoms with E-state index in [4.69, 9.17) is 14.7 Å². The molecule has 0 aromatic carbocycles. The molecule has 0 radical (unpaired) electrons. The summed E-state index contributed by atoms with van der Waals surface area (Å²) in [6.45, 7) is 11.3. The molecule has 0 bridgehead atoms. The molecule has 1 saturated carbocycles. The van der Waals surface area contributed by atoms with Crippen LogP contribution in [-0.4, -0.2) is 121 Å². The molecule has 1 atom stereocenters. The monoisotopic (exact) mass is 537 g/mol. The largest absolute Gasteiger partial charge is 0.381 e. The fourth-order valence-electron chi connectivity index (χ4n) is 6.25. The van der Waals surface area contributed by atoms with Crippen molar-refractivity contribution >= 4 is 11.9 Å². The molecular formula is C29H47N9O. The molecule has 2 aromatic heterocycles. The molecule has 0 spiro atoms. The summed E-state index contributed by atoms with van der Waals surface area (Å²) in [6, 6.07) is 1.46. The van der Waals surface area contributed by atoms with Gasteiger partial charge in [0.25, 0.3) is 0 Å². The molecule has 1 aliphatic carbocycles. The van der Waals surface area contributed by atoms with Crippen LogP contribution in [0.3, 0.4) is 0 Å². The van der Waals surface area contributed by atoms with Gasteiger partial charge in [0, 0.05) is 109 Å². The Hall–Kier alpha value is -2.40. The lowest BCUT2D eigenvalue weighted by atomic mass is 9.90. The van der Waals surface area contributed by atoms with Crippen LogP contribution in [0.25, 0.3) is 0 Å². The number of piperazine rings is 2. The van der Waals surface area contributed by atoms with Crippen molar-refractivity contribution in [2.75, 3.05) is 82.9 Å². The quantitative estimate of drug-likeness (QED) is 0.486. The van der Waals surface area contributed by atoms with E-state index in [2.05, 4.69) is 41.9 Å². The average molecular weight is 538 g/mol. The summed E-state index contributed by atoms with van der Waals surface area (Å²) >= 11 is 0. The van der Waals surface area contributed by atoms with Gasteiger partial charge in [-0.25, -0.2) is 19.9 Å². The Morgan fingerprint density at radius 1 is 0.821 bits per heavy atom. The van der Waals surface area contributed by atoms with Crippen LogP contribution in [-0.2, 0) is 11.2 Å². The second-order valence-electron chi connectivity index (χ2n) is 11.4. The van der Waals surface area contributed by atoms with E-state index in [1.54, 1.807) is 0 Å². The highest BCUT2D eigenvalue weighted by atomic mass is 16.5. The number of rotatable bonds is 10. The van der Waals surface area contributed by atoms with Gasteiger partial charge in [0.05, 0.1) is 6.10 Å². The molecule has 3 aliphatic rings. The standard InChI is InChI=1S/C29H47N9O/c1-23-19-31-28(32-20-23)37-12-10-35(11-13-37)9-8-27(39-3)18-24-21-33-29(34-22-24)38-16-14-36(15-17-38)26-6-4-25(30-2)5-7-26/h19-22,25-27,30H,4-18H2,1-3H3. The van der Waals surface area contributed by atoms with Gasteiger partial charge in [-0.3, -0.25) is 9.80 Å². The first-order chi connectivity index (χ1) is 19.1. The van der Waals surface area contributed by atoms with Crippen molar-refractivity contribution in [1.29, 1.82) is 0 Å². The predicted octanol–water partition coefficient (Wildman–Crippen LogP) is 2.00. The van der Waals surface area contributed by atoms with Gasteiger partial charge in [-0.05, 0) is 57.2 Å². The molecule has 0 amide bonds. The lowest BCUT2D eigenvalue weighted by molar-refractivity contribution is 0.0823. The molecule has 1 N–H and O–H groups in total. The van der Waals surface area contributed by atoms with E-state index >= 15 is 0 Å². The molecule has 39 heavy (non-hydrogen) atoms. The third kappa shape index (κ3) is 7.63. The zero-order valence-corrected chi connectivity index (χ0v) is 24.1.